The molecular formula is C18H23BN2O2. The molecule has 0 radical (unpaired) electrons. The summed E-state index contributed by atoms with van der Waals surface area (Å²) in [5.74, 6) is 0.820. The molecule has 2 aromatic rings. The van der Waals surface area contributed by atoms with Crippen LogP contribution in [0.25, 0.3) is 0 Å². The van der Waals surface area contributed by atoms with Crippen molar-refractivity contribution in [1.82, 2.24) is 4.98 Å². The maximum atomic E-state index is 6.06. The highest BCUT2D eigenvalue weighted by atomic mass is 16.7. The first-order valence-corrected chi connectivity index (χ1v) is 7.98. The summed E-state index contributed by atoms with van der Waals surface area (Å²) in [6.07, 6.45) is 0. The van der Waals surface area contributed by atoms with Crippen molar-refractivity contribution < 1.29 is 9.31 Å². The second kappa shape index (κ2) is 5.98. The fraction of sp³-hybridized carbons (Fsp3) is 0.389. The third-order valence-corrected chi connectivity index (χ3v) is 4.58. The van der Waals surface area contributed by atoms with Crippen molar-refractivity contribution in [2.75, 3.05) is 5.32 Å². The lowest BCUT2D eigenvalue weighted by Crippen LogP contribution is -2.41. The van der Waals surface area contributed by atoms with Crippen molar-refractivity contribution in [1.29, 1.82) is 0 Å². The molecule has 0 saturated carbocycles. The predicted molar refractivity (Wildman–Crippen MR) is 93.7 cm³/mol. The lowest BCUT2D eigenvalue weighted by atomic mass is 9.84. The van der Waals surface area contributed by atoms with Gasteiger partial charge in [0.1, 0.15) is 5.82 Å². The minimum Gasteiger partial charge on any atom is -0.398 e. The molecule has 1 aliphatic rings. The summed E-state index contributed by atoms with van der Waals surface area (Å²) in [6, 6.07) is 16.1. The number of aromatic nitrogens is 1. The summed E-state index contributed by atoms with van der Waals surface area (Å²) >= 11 is 0. The monoisotopic (exact) mass is 310 g/mol. The molecule has 0 spiro atoms. The zero-order valence-corrected chi connectivity index (χ0v) is 14.2. The van der Waals surface area contributed by atoms with Gasteiger partial charge in [-0.2, -0.15) is 0 Å². The highest BCUT2D eigenvalue weighted by Gasteiger charge is 2.52. The molecule has 1 fully saturated rings. The summed E-state index contributed by atoms with van der Waals surface area (Å²) in [4.78, 5) is 4.64. The van der Waals surface area contributed by atoms with Gasteiger partial charge in [0.25, 0.3) is 0 Å². The Morgan fingerprint density at radius 3 is 2.22 bits per heavy atom. The molecule has 23 heavy (non-hydrogen) atoms. The number of rotatable bonds is 4. The van der Waals surface area contributed by atoms with E-state index < -0.39 is 7.12 Å². The van der Waals surface area contributed by atoms with Crippen LogP contribution in [0.15, 0.2) is 48.5 Å². The van der Waals surface area contributed by atoms with E-state index in [4.69, 9.17) is 9.31 Å². The normalized spacial score (nSPS) is 18.9. The second-order valence-electron chi connectivity index (χ2n) is 6.88. The van der Waals surface area contributed by atoms with E-state index in [2.05, 4.69) is 22.4 Å². The standard InChI is InChI=1S/C18H23BN2O2/c1-17(2)18(3,4)23-19(22-17)15-11-8-12-16(21-15)20-13-14-9-6-5-7-10-14/h5-12H,13H2,1-4H3,(H,20,21). The van der Waals surface area contributed by atoms with Gasteiger partial charge in [0.05, 0.1) is 16.8 Å². The predicted octanol–water partition coefficient (Wildman–Crippen LogP) is 2.99. The van der Waals surface area contributed by atoms with Crippen molar-refractivity contribution >= 4 is 18.5 Å². The van der Waals surface area contributed by atoms with Crippen LogP contribution >= 0.6 is 0 Å². The second-order valence-corrected chi connectivity index (χ2v) is 6.88. The average Bonchev–Trinajstić information content (AvgIpc) is 2.75. The Morgan fingerprint density at radius 2 is 1.57 bits per heavy atom. The van der Waals surface area contributed by atoms with Crippen LogP contribution in [0.4, 0.5) is 5.82 Å². The summed E-state index contributed by atoms with van der Waals surface area (Å²) in [6.45, 7) is 8.92. The topological polar surface area (TPSA) is 43.4 Å². The third kappa shape index (κ3) is 3.41. The van der Waals surface area contributed by atoms with Gasteiger partial charge >= 0.3 is 7.12 Å². The molecule has 1 aromatic carbocycles. The van der Waals surface area contributed by atoms with Crippen molar-refractivity contribution in [3.8, 4) is 0 Å². The first-order valence-electron chi connectivity index (χ1n) is 7.98. The van der Waals surface area contributed by atoms with Gasteiger partial charge in [0.2, 0.25) is 0 Å². The molecule has 0 atom stereocenters. The molecule has 1 saturated heterocycles. The van der Waals surface area contributed by atoms with E-state index in [1.807, 2.05) is 64.1 Å². The molecule has 4 nitrogen and oxygen atoms in total. The maximum Gasteiger partial charge on any atom is 0.514 e. The van der Waals surface area contributed by atoms with Crippen LogP contribution in [0.3, 0.4) is 0 Å². The van der Waals surface area contributed by atoms with Gasteiger partial charge in [-0.3, -0.25) is 0 Å². The molecule has 1 N–H and O–H groups in total. The SMILES string of the molecule is CC1(C)OB(c2cccc(NCc3ccccc3)n2)OC1(C)C. The van der Waals surface area contributed by atoms with E-state index in [0.717, 1.165) is 18.0 Å². The minimum absolute atomic E-state index is 0.354. The van der Waals surface area contributed by atoms with E-state index in [1.165, 1.54) is 5.56 Å². The molecule has 2 heterocycles. The van der Waals surface area contributed by atoms with Gasteiger partial charge in [-0.1, -0.05) is 36.4 Å². The Morgan fingerprint density at radius 1 is 0.913 bits per heavy atom. The van der Waals surface area contributed by atoms with Gasteiger partial charge in [-0.15, -0.1) is 0 Å². The third-order valence-electron chi connectivity index (χ3n) is 4.58. The Balaban J connectivity index is 1.71. The molecule has 1 aromatic heterocycles. The molecule has 0 unspecified atom stereocenters. The van der Waals surface area contributed by atoms with Crippen LogP contribution in [0.1, 0.15) is 33.3 Å². The minimum atomic E-state index is -0.432. The van der Waals surface area contributed by atoms with Crippen LogP contribution in [-0.2, 0) is 15.9 Å². The zero-order valence-electron chi connectivity index (χ0n) is 14.2. The highest BCUT2D eigenvalue weighted by Crippen LogP contribution is 2.36. The van der Waals surface area contributed by atoms with E-state index in [-0.39, 0.29) is 11.2 Å². The summed E-state index contributed by atoms with van der Waals surface area (Å²) < 4.78 is 12.1. The van der Waals surface area contributed by atoms with E-state index in [0.29, 0.717) is 0 Å². The summed E-state index contributed by atoms with van der Waals surface area (Å²) in [5, 5.41) is 3.34. The maximum absolute atomic E-state index is 6.06. The Hall–Kier alpha value is -1.85. The number of pyridine rings is 1. The van der Waals surface area contributed by atoms with E-state index >= 15 is 0 Å². The molecular weight excluding hydrogens is 287 g/mol. The summed E-state index contributed by atoms with van der Waals surface area (Å²) in [5.41, 5.74) is 1.30. The average molecular weight is 310 g/mol. The smallest absolute Gasteiger partial charge is 0.398 e. The molecule has 120 valence electrons. The number of hydrogen-bond donors (Lipinski definition) is 1. The van der Waals surface area contributed by atoms with Gasteiger partial charge in [-0.25, -0.2) is 4.98 Å². The molecule has 0 bridgehead atoms. The van der Waals surface area contributed by atoms with Crippen molar-refractivity contribution in [2.24, 2.45) is 0 Å². The van der Waals surface area contributed by atoms with Gasteiger partial charge in [0, 0.05) is 6.54 Å². The van der Waals surface area contributed by atoms with Crippen LogP contribution < -0.4 is 10.9 Å². The lowest BCUT2D eigenvalue weighted by Gasteiger charge is -2.32. The zero-order chi connectivity index (χ0) is 16.5. The number of nitrogens with one attached hydrogen (secondary N) is 1. The fourth-order valence-electron chi connectivity index (χ4n) is 2.43. The highest BCUT2D eigenvalue weighted by molar-refractivity contribution is 6.61. The summed E-state index contributed by atoms with van der Waals surface area (Å²) in [7, 11) is -0.432. The number of benzene rings is 1. The van der Waals surface area contributed by atoms with Crippen LogP contribution in [0.5, 0.6) is 0 Å². The van der Waals surface area contributed by atoms with Gasteiger partial charge in [-0.05, 0) is 45.4 Å². The first kappa shape index (κ1) is 16.0. The Bertz CT molecular complexity index is 658. The van der Waals surface area contributed by atoms with Crippen LogP contribution in [0.2, 0.25) is 0 Å². The van der Waals surface area contributed by atoms with E-state index in [9.17, 15) is 0 Å². The molecule has 1 aliphatic heterocycles. The number of hydrogen-bond acceptors (Lipinski definition) is 4. The Labute approximate surface area is 138 Å². The molecule has 0 aliphatic carbocycles. The fourth-order valence-corrected chi connectivity index (χ4v) is 2.43. The first-order chi connectivity index (χ1) is 10.9. The quantitative estimate of drug-likeness (QED) is 0.882. The number of anilines is 1. The van der Waals surface area contributed by atoms with Crippen molar-refractivity contribution in [3.63, 3.8) is 0 Å². The van der Waals surface area contributed by atoms with Crippen LogP contribution in [-0.4, -0.2) is 23.3 Å². The van der Waals surface area contributed by atoms with E-state index in [1.54, 1.807) is 0 Å². The molecule has 0 amide bonds. The molecule has 3 rings (SSSR count). The van der Waals surface area contributed by atoms with Gasteiger partial charge in [0.15, 0.2) is 0 Å². The van der Waals surface area contributed by atoms with Crippen molar-refractivity contribution in [2.45, 2.75) is 45.4 Å². The largest absolute Gasteiger partial charge is 0.514 e. The lowest BCUT2D eigenvalue weighted by molar-refractivity contribution is 0.00578. The van der Waals surface area contributed by atoms with Gasteiger partial charge < -0.3 is 14.6 Å². The van der Waals surface area contributed by atoms with Crippen molar-refractivity contribution in [3.05, 3.63) is 54.1 Å². The number of nitrogens with zero attached hydrogens (tertiary/aromatic N) is 1. The molecule has 5 heteroatoms. The van der Waals surface area contributed by atoms with Crippen LogP contribution in [0, 0.1) is 0 Å². The Kier molecular flexibility index (Phi) is 4.17.